The smallest absolute Gasteiger partial charge is 0.340 e. The maximum Gasteiger partial charge on any atom is 0.340 e. The number of hydrogen-bond donors (Lipinski definition) is 2. The van der Waals surface area contributed by atoms with E-state index >= 15 is 0 Å². The first kappa shape index (κ1) is 19.6. The summed E-state index contributed by atoms with van der Waals surface area (Å²) in [5.41, 5.74) is 7.77. The summed E-state index contributed by atoms with van der Waals surface area (Å²) in [5.74, 6) is 0.924. The van der Waals surface area contributed by atoms with Gasteiger partial charge in [-0.25, -0.2) is 4.79 Å². The third kappa shape index (κ3) is 4.40. The Labute approximate surface area is 163 Å². The van der Waals surface area contributed by atoms with Gasteiger partial charge in [0.2, 0.25) is 0 Å². The van der Waals surface area contributed by atoms with Crippen LogP contribution in [0.5, 0.6) is 5.75 Å². The summed E-state index contributed by atoms with van der Waals surface area (Å²) in [4.78, 5) is 12.6. The van der Waals surface area contributed by atoms with E-state index < -0.39 is 0 Å². The maximum atomic E-state index is 12.6. The molecule has 1 aromatic heterocycles. The van der Waals surface area contributed by atoms with Crippen molar-refractivity contribution in [3.8, 4) is 5.75 Å². The van der Waals surface area contributed by atoms with Crippen LogP contribution in [0.3, 0.4) is 0 Å². The number of carbonyl (C=O) groups excluding carboxylic acids is 1. The van der Waals surface area contributed by atoms with E-state index in [1.165, 1.54) is 31.0 Å². The fourth-order valence-electron chi connectivity index (χ4n) is 3.66. The number of hydrogen-bond acceptors (Lipinski definition) is 5. The molecule has 0 aliphatic heterocycles. The fraction of sp³-hybridized carbons (Fsp3) is 0.500. The van der Waals surface area contributed by atoms with Crippen LogP contribution in [-0.2, 0) is 17.5 Å². The molecule has 0 saturated heterocycles. The molecule has 146 valence electrons. The molecule has 2 aromatic rings. The number of thioether (sulfide) groups is 1. The number of nitrogens with one attached hydrogen (secondary N) is 1. The topological polar surface area (TPSA) is 90.3 Å². The molecule has 1 saturated carbocycles. The van der Waals surface area contributed by atoms with Gasteiger partial charge in [0, 0.05) is 29.9 Å². The van der Waals surface area contributed by atoms with Crippen molar-refractivity contribution in [3.63, 3.8) is 0 Å². The van der Waals surface area contributed by atoms with Gasteiger partial charge in [-0.15, -0.1) is 0 Å². The van der Waals surface area contributed by atoms with Crippen LogP contribution >= 0.6 is 11.8 Å². The lowest BCUT2D eigenvalue weighted by Gasteiger charge is -2.23. The Hall–Kier alpha value is -2.15. The average molecular weight is 390 g/mol. The fourth-order valence-corrected chi connectivity index (χ4v) is 4.29. The molecule has 0 amide bonds. The first-order chi connectivity index (χ1) is 13.0. The van der Waals surface area contributed by atoms with E-state index in [1.807, 2.05) is 29.8 Å². The molecule has 0 bridgehead atoms. The second-order valence-electron chi connectivity index (χ2n) is 6.81. The molecule has 0 radical (unpaired) electrons. The summed E-state index contributed by atoms with van der Waals surface area (Å²) >= 11 is 1.20. The molecule has 0 atom stereocenters. The third-order valence-electron chi connectivity index (χ3n) is 4.99. The average Bonchev–Trinajstić information content (AvgIpc) is 2.93. The minimum atomic E-state index is -0.344. The Morgan fingerprint density at radius 2 is 2.07 bits per heavy atom. The van der Waals surface area contributed by atoms with Gasteiger partial charge in [0.15, 0.2) is 5.17 Å². The molecule has 6 nitrogen and oxygen atoms in total. The number of ether oxygens (including phenoxy) is 2. The molecule has 7 heteroatoms. The summed E-state index contributed by atoms with van der Waals surface area (Å²) < 4.78 is 13.4. The number of esters is 1. The van der Waals surface area contributed by atoms with Gasteiger partial charge in [-0.1, -0.05) is 18.2 Å². The van der Waals surface area contributed by atoms with Gasteiger partial charge in [-0.2, -0.15) is 0 Å². The number of rotatable bonds is 6. The standard InChI is InChI=1S/C20H27N3O3S/c1-3-25-19(24)18-15-10-9-14(26-13-7-5-4-6-8-13)11-16(15)23(2)17(18)12-27-20(21)22/h9-11,13H,3-8,12H2,1-2H3,(H3,21,22). The van der Waals surface area contributed by atoms with Crippen molar-refractivity contribution in [2.75, 3.05) is 6.61 Å². The minimum absolute atomic E-state index is 0.0244. The van der Waals surface area contributed by atoms with Crippen molar-refractivity contribution >= 4 is 33.8 Å². The molecule has 0 unspecified atom stereocenters. The zero-order valence-corrected chi connectivity index (χ0v) is 16.7. The number of benzene rings is 1. The lowest BCUT2D eigenvalue weighted by atomic mass is 9.98. The summed E-state index contributed by atoms with van der Waals surface area (Å²) in [7, 11) is 1.92. The van der Waals surface area contributed by atoms with Gasteiger partial charge >= 0.3 is 5.97 Å². The van der Waals surface area contributed by atoms with Crippen molar-refractivity contribution < 1.29 is 14.3 Å². The molecule has 0 spiro atoms. The highest BCUT2D eigenvalue weighted by molar-refractivity contribution is 8.13. The predicted molar refractivity (Wildman–Crippen MR) is 110 cm³/mol. The van der Waals surface area contributed by atoms with Crippen LogP contribution in [0.25, 0.3) is 10.9 Å². The first-order valence-corrected chi connectivity index (χ1v) is 10.4. The normalized spacial score (nSPS) is 15.0. The summed E-state index contributed by atoms with van der Waals surface area (Å²) in [5, 5.41) is 8.34. The van der Waals surface area contributed by atoms with Crippen LogP contribution in [0, 0.1) is 5.41 Å². The van der Waals surface area contributed by atoms with E-state index in [0.717, 1.165) is 35.2 Å². The molecule has 3 rings (SSSR count). The Bertz CT molecular complexity index is 841. The Morgan fingerprint density at radius 1 is 1.33 bits per heavy atom. The van der Waals surface area contributed by atoms with Crippen LogP contribution < -0.4 is 10.5 Å². The van der Waals surface area contributed by atoms with Crippen molar-refractivity contribution in [1.82, 2.24) is 4.57 Å². The lowest BCUT2D eigenvalue weighted by Crippen LogP contribution is -2.19. The molecule has 27 heavy (non-hydrogen) atoms. The molecule has 3 N–H and O–H groups in total. The molecule has 1 heterocycles. The largest absolute Gasteiger partial charge is 0.490 e. The SMILES string of the molecule is CCOC(=O)c1c(CSC(=N)N)n(C)c2cc(OC3CCCCC3)ccc12. The van der Waals surface area contributed by atoms with E-state index in [0.29, 0.717) is 17.9 Å². The molecule has 1 fully saturated rings. The second kappa shape index (κ2) is 8.69. The minimum Gasteiger partial charge on any atom is -0.490 e. The Morgan fingerprint density at radius 3 is 2.74 bits per heavy atom. The number of fused-ring (bicyclic) bond motifs is 1. The third-order valence-corrected chi connectivity index (χ3v) is 5.72. The van der Waals surface area contributed by atoms with Crippen LogP contribution in [-0.4, -0.2) is 28.4 Å². The molecule has 1 aromatic carbocycles. The number of amidine groups is 1. The Kier molecular flexibility index (Phi) is 6.31. The highest BCUT2D eigenvalue weighted by atomic mass is 32.2. The van der Waals surface area contributed by atoms with Crippen molar-refractivity contribution in [3.05, 3.63) is 29.5 Å². The van der Waals surface area contributed by atoms with Crippen LogP contribution in [0.15, 0.2) is 18.2 Å². The first-order valence-electron chi connectivity index (χ1n) is 9.43. The van der Waals surface area contributed by atoms with Gasteiger partial charge in [0.25, 0.3) is 0 Å². The van der Waals surface area contributed by atoms with E-state index in [4.69, 9.17) is 20.6 Å². The molecular weight excluding hydrogens is 362 g/mol. The number of carbonyl (C=O) groups is 1. The quantitative estimate of drug-likeness (QED) is 0.439. The van der Waals surface area contributed by atoms with Crippen molar-refractivity contribution in [1.29, 1.82) is 5.41 Å². The predicted octanol–water partition coefficient (Wildman–Crippen LogP) is 4.19. The summed E-state index contributed by atoms with van der Waals surface area (Å²) in [6.07, 6.45) is 6.19. The highest BCUT2D eigenvalue weighted by Gasteiger charge is 2.23. The van der Waals surface area contributed by atoms with Gasteiger partial charge in [-0.05, 0) is 44.7 Å². The number of nitrogens with two attached hydrogens (primary N) is 1. The number of aromatic nitrogens is 1. The zero-order chi connectivity index (χ0) is 19.4. The van der Waals surface area contributed by atoms with Gasteiger partial charge in [-0.3, -0.25) is 5.41 Å². The molecular formula is C20H27N3O3S. The van der Waals surface area contributed by atoms with Gasteiger partial charge in [0.05, 0.1) is 23.8 Å². The van der Waals surface area contributed by atoms with Crippen molar-refractivity contribution in [2.45, 2.75) is 50.9 Å². The van der Waals surface area contributed by atoms with Crippen LogP contribution in [0.2, 0.25) is 0 Å². The molecule has 1 aliphatic rings. The Balaban J connectivity index is 1.98. The molecule has 1 aliphatic carbocycles. The van der Waals surface area contributed by atoms with Gasteiger partial charge < -0.3 is 19.8 Å². The summed E-state index contributed by atoms with van der Waals surface area (Å²) in [6, 6.07) is 5.86. The van der Waals surface area contributed by atoms with Crippen LogP contribution in [0.4, 0.5) is 0 Å². The second-order valence-corrected chi connectivity index (χ2v) is 7.83. The maximum absolute atomic E-state index is 12.6. The van der Waals surface area contributed by atoms with E-state index in [1.54, 1.807) is 6.92 Å². The lowest BCUT2D eigenvalue weighted by molar-refractivity contribution is 0.0527. The van der Waals surface area contributed by atoms with E-state index in [2.05, 4.69) is 0 Å². The van der Waals surface area contributed by atoms with E-state index in [9.17, 15) is 4.79 Å². The van der Waals surface area contributed by atoms with Crippen LogP contribution in [0.1, 0.15) is 55.1 Å². The zero-order valence-electron chi connectivity index (χ0n) is 15.9. The number of aryl methyl sites for hydroxylation is 1. The van der Waals surface area contributed by atoms with Gasteiger partial charge in [0.1, 0.15) is 5.75 Å². The monoisotopic (exact) mass is 389 g/mol. The van der Waals surface area contributed by atoms with E-state index in [-0.39, 0.29) is 17.2 Å². The summed E-state index contributed by atoms with van der Waals surface area (Å²) in [6.45, 7) is 2.11. The number of nitrogens with zero attached hydrogens (tertiary/aromatic N) is 1. The van der Waals surface area contributed by atoms with Crippen molar-refractivity contribution in [2.24, 2.45) is 12.8 Å². The highest BCUT2D eigenvalue weighted by Crippen LogP contribution is 2.33.